The van der Waals surface area contributed by atoms with Crippen molar-refractivity contribution < 1.29 is 13.0 Å². The second-order valence-electron chi connectivity index (χ2n) is 5.93. The highest BCUT2D eigenvalue weighted by molar-refractivity contribution is 7.84. The maximum atomic E-state index is 11.1. The quantitative estimate of drug-likeness (QED) is 0.413. The summed E-state index contributed by atoms with van der Waals surface area (Å²) in [6.45, 7) is 0. The van der Waals surface area contributed by atoms with Crippen molar-refractivity contribution in [2.75, 3.05) is 0 Å². The van der Waals surface area contributed by atoms with Crippen molar-refractivity contribution in [1.82, 2.24) is 4.98 Å². The normalized spacial score (nSPS) is 11.9. The van der Waals surface area contributed by atoms with Gasteiger partial charge in [0.2, 0.25) is 0 Å². The van der Waals surface area contributed by atoms with Crippen LogP contribution in [0.25, 0.3) is 32.9 Å². The summed E-state index contributed by atoms with van der Waals surface area (Å²) in [6.07, 6.45) is 0. The number of pyridine rings is 1. The number of nitrogens with zero attached hydrogens (tertiary/aromatic N) is 1. The van der Waals surface area contributed by atoms with E-state index in [-0.39, 0.29) is 0 Å². The molecule has 0 amide bonds. The number of hydrogen-bond acceptors (Lipinski definition) is 4. The lowest BCUT2D eigenvalue weighted by atomic mass is 9.98. The van der Waals surface area contributed by atoms with Crippen LogP contribution in [0.1, 0.15) is 5.56 Å². The molecule has 0 radical (unpaired) electrons. The molecule has 0 atom stereocenters. The lowest BCUT2D eigenvalue weighted by Gasteiger charge is -2.12. The monoisotopic (exact) mass is 348 g/mol. The van der Waals surface area contributed by atoms with Crippen LogP contribution in [0.3, 0.4) is 0 Å². The highest BCUT2D eigenvalue weighted by Gasteiger charge is 2.11. The van der Waals surface area contributed by atoms with E-state index in [0.717, 1.165) is 32.9 Å². The van der Waals surface area contributed by atoms with Gasteiger partial charge in [0.25, 0.3) is 0 Å². The zero-order valence-electron chi connectivity index (χ0n) is 13.2. The molecule has 5 heteroatoms. The van der Waals surface area contributed by atoms with Crippen molar-refractivity contribution in [2.24, 2.45) is 0 Å². The fraction of sp³-hybridized carbons (Fsp3) is 0.0500. The van der Waals surface area contributed by atoms with Crippen molar-refractivity contribution in [3.05, 3.63) is 78.4 Å². The van der Waals surface area contributed by atoms with Gasteiger partial charge in [0.15, 0.2) is 0 Å². The van der Waals surface area contributed by atoms with Crippen LogP contribution < -0.4 is 0 Å². The molecular formula is C20H14NO3S-. The second kappa shape index (κ2) is 5.95. The molecule has 0 N–H and O–H groups in total. The fourth-order valence-corrected chi connectivity index (χ4v) is 3.70. The molecule has 1 heterocycles. The summed E-state index contributed by atoms with van der Waals surface area (Å²) in [6, 6.07) is 22.9. The summed E-state index contributed by atoms with van der Waals surface area (Å²) >= 11 is 0. The van der Waals surface area contributed by atoms with Gasteiger partial charge >= 0.3 is 0 Å². The van der Waals surface area contributed by atoms with E-state index in [9.17, 15) is 13.0 Å². The van der Waals surface area contributed by atoms with E-state index in [1.807, 2.05) is 60.7 Å². The Kier molecular flexibility index (Phi) is 3.75. The second-order valence-corrected chi connectivity index (χ2v) is 7.33. The van der Waals surface area contributed by atoms with Gasteiger partial charge in [-0.05, 0) is 23.1 Å². The molecule has 0 fully saturated rings. The first-order valence-electron chi connectivity index (χ1n) is 7.82. The molecule has 4 nitrogen and oxygen atoms in total. The smallest absolute Gasteiger partial charge is 0.0988 e. The van der Waals surface area contributed by atoms with Gasteiger partial charge in [-0.1, -0.05) is 60.7 Å². The standard InChI is InChI=1S/C20H15NO3S/c22-25(23,24)13-14-10-11-17-18(12-14)16-8-4-5-9-19(16)21-20(17)15-6-2-1-3-7-15/h1-12H,13H2,(H,22,23,24)/p-1. The molecule has 0 saturated carbocycles. The summed E-state index contributed by atoms with van der Waals surface area (Å²) in [7, 11) is -4.33. The first-order chi connectivity index (χ1) is 12.0. The minimum absolute atomic E-state index is 0.484. The van der Waals surface area contributed by atoms with Gasteiger partial charge in [0, 0.05) is 16.3 Å². The minimum Gasteiger partial charge on any atom is -0.748 e. The van der Waals surface area contributed by atoms with Crippen LogP contribution in [0.2, 0.25) is 0 Å². The Bertz CT molecular complexity index is 1190. The Morgan fingerprint density at radius 2 is 1.52 bits per heavy atom. The number of benzene rings is 3. The van der Waals surface area contributed by atoms with Crippen LogP contribution in [-0.2, 0) is 15.9 Å². The molecule has 3 aromatic carbocycles. The van der Waals surface area contributed by atoms with E-state index in [0.29, 0.717) is 5.56 Å². The topological polar surface area (TPSA) is 70.1 Å². The van der Waals surface area contributed by atoms with Gasteiger partial charge in [0.05, 0.1) is 27.1 Å². The maximum absolute atomic E-state index is 11.1. The van der Waals surface area contributed by atoms with E-state index >= 15 is 0 Å². The van der Waals surface area contributed by atoms with Crippen LogP contribution in [0.15, 0.2) is 72.8 Å². The van der Waals surface area contributed by atoms with Gasteiger partial charge in [-0.15, -0.1) is 0 Å². The molecule has 0 spiro atoms. The lowest BCUT2D eigenvalue weighted by Crippen LogP contribution is -2.02. The third-order valence-electron chi connectivity index (χ3n) is 4.16. The third-order valence-corrected chi connectivity index (χ3v) is 4.84. The summed E-state index contributed by atoms with van der Waals surface area (Å²) in [5.74, 6) is -0.514. The van der Waals surface area contributed by atoms with Crippen molar-refractivity contribution in [3.63, 3.8) is 0 Å². The van der Waals surface area contributed by atoms with Gasteiger partial charge in [0.1, 0.15) is 0 Å². The number of fused-ring (bicyclic) bond motifs is 3. The average Bonchev–Trinajstić information content (AvgIpc) is 2.60. The Hall–Kier alpha value is -2.76. The Morgan fingerprint density at radius 3 is 2.28 bits per heavy atom. The van der Waals surface area contributed by atoms with Crippen molar-refractivity contribution in [2.45, 2.75) is 5.75 Å². The molecule has 0 saturated heterocycles. The van der Waals surface area contributed by atoms with Gasteiger partial charge < -0.3 is 4.55 Å². The molecule has 0 aliphatic rings. The molecule has 4 aromatic rings. The zero-order valence-corrected chi connectivity index (χ0v) is 14.0. The molecule has 1 aromatic heterocycles. The largest absolute Gasteiger partial charge is 0.748 e. The Labute approximate surface area is 145 Å². The van der Waals surface area contributed by atoms with Crippen molar-refractivity contribution in [3.8, 4) is 11.3 Å². The average molecular weight is 348 g/mol. The maximum Gasteiger partial charge on any atom is 0.0988 e. The molecule has 0 bridgehead atoms. The fourth-order valence-electron chi connectivity index (χ4n) is 3.11. The number of aromatic nitrogens is 1. The molecule has 0 unspecified atom stereocenters. The first kappa shape index (κ1) is 15.7. The molecule has 25 heavy (non-hydrogen) atoms. The van der Waals surface area contributed by atoms with Crippen LogP contribution >= 0.6 is 0 Å². The molecule has 0 aliphatic heterocycles. The van der Waals surface area contributed by atoms with E-state index in [1.165, 1.54) is 0 Å². The zero-order chi connectivity index (χ0) is 17.4. The van der Waals surface area contributed by atoms with Gasteiger partial charge in [-0.2, -0.15) is 0 Å². The minimum atomic E-state index is -4.33. The molecule has 124 valence electrons. The Morgan fingerprint density at radius 1 is 0.800 bits per heavy atom. The Balaban J connectivity index is 2.06. The lowest BCUT2D eigenvalue weighted by molar-refractivity contribution is 0.462. The van der Waals surface area contributed by atoms with E-state index < -0.39 is 15.9 Å². The van der Waals surface area contributed by atoms with Crippen molar-refractivity contribution in [1.29, 1.82) is 0 Å². The number of para-hydroxylation sites is 1. The van der Waals surface area contributed by atoms with Crippen LogP contribution in [0.5, 0.6) is 0 Å². The summed E-state index contributed by atoms with van der Waals surface area (Å²) < 4.78 is 33.4. The summed E-state index contributed by atoms with van der Waals surface area (Å²) in [5.41, 5.74) is 3.14. The van der Waals surface area contributed by atoms with Crippen LogP contribution in [0.4, 0.5) is 0 Å². The van der Waals surface area contributed by atoms with Gasteiger partial charge in [-0.25, -0.2) is 13.4 Å². The molecular weight excluding hydrogens is 334 g/mol. The highest BCUT2D eigenvalue weighted by Crippen LogP contribution is 2.33. The van der Waals surface area contributed by atoms with E-state index in [4.69, 9.17) is 4.98 Å². The third kappa shape index (κ3) is 3.12. The van der Waals surface area contributed by atoms with E-state index in [1.54, 1.807) is 12.1 Å². The van der Waals surface area contributed by atoms with Crippen LogP contribution in [0, 0.1) is 0 Å². The highest BCUT2D eigenvalue weighted by atomic mass is 32.2. The number of hydrogen-bond donors (Lipinski definition) is 0. The van der Waals surface area contributed by atoms with Crippen molar-refractivity contribution >= 4 is 31.8 Å². The summed E-state index contributed by atoms with van der Waals surface area (Å²) in [4.78, 5) is 4.80. The SMILES string of the molecule is O=S(=O)([O-])Cc1ccc2c(-c3ccccc3)nc3ccccc3c2c1. The first-order valence-corrected chi connectivity index (χ1v) is 9.39. The van der Waals surface area contributed by atoms with Crippen LogP contribution in [-0.4, -0.2) is 18.0 Å². The van der Waals surface area contributed by atoms with Gasteiger partial charge in [-0.3, -0.25) is 0 Å². The number of rotatable bonds is 3. The van der Waals surface area contributed by atoms with E-state index in [2.05, 4.69) is 0 Å². The molecule has 0 aliphatic carbocycles. The predicted octanol–water partition coefficient (Wildman–Crippen LogP) is 4.10. The predicted molar refractivity (Wildman–Crippen MR) is 98.1 cm³/mol. The molecule has 4 rings (SSSR count). The summed E-state index contributed by atoms with van der Waals surface area (Å²) in [5, 5.41) is 2.75.